The highest BCUT2D eigenvalue weighted by molar-refractivity contribution is 9.10. The van der Waals surface area contributed by atoms with Crippen LogP contribution in [0.3, 0.4) is 0 Å². The maximum absolute atomic E-state index is 8.32. The Morgan fingerprint density at radius 3 is 2.77 bits per heavy atom. The van der Waals surface area contributed by atoms with E-state index in [1.807, 2.05) is 24.3 Å². The Morgan fingerprint density at radius 2 is 2.23 bits per heavy atom. The minimum Gasteiger partial charge on any atom is -0.478 e. The van der Waals surface area contributed by atoms with Gasteiger partial charge in [-0.2, -0.15) is 5.26 Å². The van der Waals surface area contributed by atoms with Crippen molar-refractivity contribution in [3.05, 3.63) is 28.2 Å². The number of benzene rings is 1. The first-order valence-corrected chi connectivity index (χ1v) is 5.53. The van der Waals surface area contributed by atoms with Gasteiger partial charge in [-0.15, -0.1) is 0 Å². The van der Waals surface area contributed by atoms with Crippen molar-refractivity contribution in [2.45, 2.75) is 5.33 Å². The number of hydrogen-bond acceptors (Lipinski definition) is 2. The van der Waals surface area contributed by atoms with Crippen LogP contribution in [-0.2, 0) is 5.33 Å². The minimum absolute atomic E-state index is 0.0757. The molecule has 0 aliphatic rings. The molecule has 0 fully saturated rings. The summed E-state index contributed by atoms with van der Waals surface area (Å²) in [6.07, 6.45) is 0. The van der Waals surface area contributed by atoms with Gasteiger partial charge in [-0.3, -0.25) is 0 Å². The second kappa shape index (κ2) is 5.25. The van der Waals surface area contributed by atoms with Crippen LogP contribution in [0.25, 0.3) is 0 Å². The summed E-state index contributed by atoms with van der Waals surface area (Å²) in [5, 5.41) is 9.13. The molecule has 13 heavy (non-hydrogen) atoms. The highest BCUT2D eigenvalue weighted by Crippen LogP contribution is 2.26. The molecule has 4 heteroatoms. The average molecular weight is 305 g/mol. The van der Waals surface area contributed by atoms with Gasteiger partial charge in [0, 0.05) is 5.33 Å². The molecule has 1 aromatic rings. The third-order valence-electron chi connectivity index (χ3n) is 1.44. The van der Waals surface area contributed by atoms with Crippen molar-refractivity contribution in [3.8, 4) is 11.8 Å². The van der Waals surface area contributed by atoms with Crippen molar-refractivity contribution < 1.29 is 4.74 Å². The van der Waals surface area contributed by atoms with E-state index in [1.54, 1.807) is 0 Å². The molecule has 0 saturated carbocycles. The summed E-state index contributed by atoms with van der Waals surface area (Å²) in [5.41, 5.74) is 1.16. The Morgan fingerprint density at radius 1 is 1.46 bits per heavy atom. The van der Waals surface area contributed by atoms with Crippen LogP contribution in [0.15, 0.2) is 22.7 Å². The van der Waals surface area contributed by atoms with Crippen LogP contribution in [0.5, 0.6) is 5.75 Å². The smallest absolute Gasteiger partial charge is 0.174 e. The second-order valence-corrected chi connectivity index (χ2v) is 3.76. The number of nitriles is 1. The first-order valence-electron chi connectivity index (χ1n) is 3.62. The molecule has 1 rings (SSSR count). The molecule has 0 saturated heterocycles. The summed E-state index contributed by atoms with van der Waals surface area (Å²) < 4.78 is 6.04. The lowest BCUT2D eigenvalue weighted by atomic mass is 10.2. The molecule has 0 N–H and O–H groups in total. The first kappa shape index (κ1) is 10.6. The van der Waals surface area contributed by atoms with Crippen LogP contribution in [0, 0.1) is 11.3 Å². The van der Waals surface area contributed by atoms with E-state index in [4.69, 9.17) is 10.00 Å². The molecule has 0 aliphatic carbocycles. The van der Waals surface area contributed by atoms with Crippen LogP contribution in [-0.4, -0.2) is 6.61 Å². The number of nitrogens with zero attached hydrogens (tertiary/aromatic N) is 1. The molecule has 1 aromatic carbocycles. The fourth-order valence-electron chi connectivity index (χ4n) is 0.855. The molecule has 0 unspecified atom stereocenters. The molecule has 68 valence electrons. The van der Waals surface area contributed by atoms with E-state index in [9.17, 15) is 0 Å². The predicted octanol–water partition coefficient (Wildman–Crippen LogP) is 3.25. The molecule has 0 aromatic heterocycles. The normalized spacial score (nSPS) is 9.31. The standard InChI is InChI=1S/C9H7Br2NO/c10-6-7-1-2-9(8(11)5-7)13-4-3-12/h1-2,5H,4,6H2. The topological polar surface area (TPSA) is 33.0 Å². The van der Waals surface area contributed by atoms with Crippen molar-refractivity contribution in [1.29, 1.82) is 5.26 Å². The van der Waals surface area contributed by atoms with Crippen molar-refractivity contribution in [2.75, 3.05) is 6.61 Å². The van der Waals surface area contributed by atoms with Crippen molar-refractivity contribution in [1.82, 2.24) is 0 Å². The second-order valence-electron chi connectivity index (χ2n) is 2.35. The van der Waals surface area contributed by atoms with E-state index in [2.05, 4.69) is 31.9 Å². The van der Waals surface area contributed by atoms with E-state index in [0.29, 0.717) is 5.75 Å². The van der Waals surface area contributed by atoms with Gasteiger partial charge in [0.25, 0.3) is 0 Å². The average Bonchev–Trinajstić information content (AvgIpc) is 2.16. The quantitative estimate of drug-likeness (QED) is 0.803. The van der Waals surface area contributed by atoms with Crippen LogP contribution in [0.1, 0.15) is 5.56 Å². The van der Waals surface area contributed by atoms with E-state index in [0.717, 1.165) is 15.4 Å². The van der Waals surface area contributed by atoms with Gasteiger partial charge in [-0.1, -0.05) is 22.0 Å². The predicted molar refractivity (Wildman–Crippen MR) is 57.9 cm³/mol. The molecule has 0 bridgehead atoms. The highest BCUT2D eigenvalue weighted by atomic mass is 79.9. The third-order valence-corrected chi connectivity index (χ3v) is 2.71. The lowest BCUT2D eigenvalue weighted by Crippen LogP contribution is -1.94. The third kappa shape index (κ3) is 3.02. The molecule has 0 spiro atoms. The van der Waals surface area contributed by atoms with E-state index < -0.39 is 0 Å². The summed E-state index contributed by atoms with van der Waals surface area (Å²) in [6.45, 7) is 0.0757. The highest BCUT2D eigenvalue weighted by Gasteiger charge is 2.01. The van der Waals surface area contributed by atoms with Crippen LogP contribution < -0.4 is 4.74 Å². The largest absolute Gasteiger partial charge is 0.478 e. The zero-order valence-electron chi connectivity index (χ0n) is 6.76. The van der Waals surface area contributed by atoms with Gasteiger partial charge in [-0.05, 0) is 33.6 Å². The van der Waals surface area contributed by atoms with Gasteiger partial charge in [0.1, 0.15) is 11.8 Å². The Labute approximate surface area is 93.8 Å². The maximum Gasteiger partial charge on any atom is 0.174 e. The fraction of sp³-hybridized carbons (Fsp3) is 0.222. The zero-order chi connectivity index (χ0) is 9.68. The van der Waals surface area contributed by atoms with Gasteiger partial charge < -0.3 is 4.74 Å². The SMILES string of the molecule is N#CCOc1ccc(CBr)cc1Br. The van der Waals surface area contributed by atoms with Crippen LogP contribution in [0.2, 0.25) is 0 Å². The van der Waals surface area contributed by atoms with Gasteiger partial charge in [-0.25, -0.2) is 0 Å². The Kier molecular flexibility index (Phi) is 4.26. The van der Waals surface area contributed by atoms with E-state index in [1.165, 1.54) is 0 Å². The number of rotatable bonds is 3. The Balaban J connectivity index is 2.80. The Bertz CT molecular complexity index is 333. The van der Waals surface area contributed by atoms with Crippen molar-refractivity contribution >= 4 is 31.9 Å². The molecule has 0 radical (unpaired) electrons. The molecule has 0 aliphatic heterocycles. The van der Waals surface area contributed by atoms with Gasteiger partial charge in [0.15, 0.2) is 6.61 Å². The summed E-state index contributed by atoms with van der Waals surface area (Å²) >= 11 is 6.72. The number of hydrogen-bond donors (Lipinski definition) is 0. The summed E-state index contributed by atoms with van der Waals surface area (Å²) in [5.74, 6) is 0.700. The Hall–Kier alpha value is -0.530. The summed E-state index contributed by atoms with van der Waals surface area (Å²) in [4.78, 5) is 0. The van der Waals surface area contributed by atoms with Crippen molar-refractivity contribution in [3.63, 3.8) is 0 Å². The lowest BCUT2D eigenvalue weighted by Gasteiger charge is -2.05. The summed E-state index contributed by atoms with van der Waals surface area (Å²) in [6, 6.07) is 7.68. The maximum atomic E-state index is 8.32. The zero-order valence-corrected chi connectivity index (χ0v) is 9.93. The van der Waals surface area contributed by atoms with E-state index >= 15 is 0 Å². The monoisotopic (exact) mass is 303 g/mol. The number of ether oxygens (including phenoxy) is 1. The fourth-order valence-corrected chi connectivity index (χ4v) is 1.74. The molecule has 0 atom stereocenters. The number of alkyl halides is 1. The molecule has 2 nitrogen and oxygen atoms in total. The minimum atomic E-state index is 0.0757. The van der Waals surface area contributed by atoms with Crippen LogP contribution in [0.4, 0.5) is 0 Å². The molecule has 0 heterocycles. The number of halogens is 2. The lowest BCUT2D eigenvalue weighted by molar-refractivity contribution is 0.366. The molecular weight excluding hydrogens is 298 g/mol. The van der Waals surface area contributed by atoms with Gasteiger partial charge in [0.2, 0.25) is 0 Å². The van der Waals surface area contributed by atoms with Crippen molar-refractivity contribution in [2.24, 2.45) is 0 Å². The summed E-state index contributed by atoms with van der Waals surface area (Å²) in [7, 11) is 0. The first-order chi connectivity index (χ1) is 6.27. The van der Waals surface area contributed by atoms with Gasteiger partial charge >= 0.3 is 0 Å². The van der Waals surface area contributed by atoms with E-state index in [-0.39, 0.29) is 6.61 Å². The van der Waals surface area contributed by atoms with Crippen LogP contribution >= 0.6 is 31.9 Å². The molecule has 0 amide bonds. The molecular formula is C9H7Br2NO. The van der Waals surface area contributed by atoms with Gasteiger partial charge in [0.05, 0.1) is 4.47 Å².